The van der Waals surface area contributed by atoms with Crippen LogP contribution in [0.1, 0.15) is 25.0 Å². The molecule has 0 saturated heterocycles. The molecule has 33 heavy (non-hydrogen) atoms. The lowest BCUT2D eigenvalue weighted by Crippen LogP contribution is -2.34. The van der Waals surface area contributed by atoms with E-state index >= 15 is 0 Å². The van der Waals surface area contributed by atoms with Gasteiger partial charge in [0.15, 0.2) is 0 Å². The molecule has 170 valence electrons. The summed E-state index contributed by atoms with van der Waals surface area (Å²) in [7, 11) is 0. The fourth-order valence-electron chi connectivity index (χ4n) is 2.93. The van der Waals surface area contributed by atoms with E-state index in [1.165, 1.54) is 6.92 Å². The number of nitrogens with zero attached hydrogens (tertiary/aromatic N) is 6. The van der Waals surface area contributed by atoms with Crippen LogP contribution in [0, 0.1) is 32.8 Å². The number of nitro benzene ring substituents is 1. The average Bonchev–Trinajstić information content (AvgIpc) is 2.80. The lowest BCUT2D eigenvalue weighted by molar-refractivity contribution is -0.384. The fourth-order valence-corrected chi connectivity index (χ4v) is 2.93. The largest absolute Gasteiger partial charge is 0.394 e. The highest BCUT2D eigenvalue weighted by atomic mass is 16.6. The Morgan fingerprint density at radius 1 is 1.24 bits per heavy atom. The Bertz CT molecular complexity index is 1130. The van der Waals surface area contributed by atoms with Gasteiger partial charge in [-0.1, -0.05) is 0 Å². The van der Waals surface area contributed by atoms with Gasteiger partial charge in [-0.2, -0.15) is 10.5 Å². The van der Waals surface area contributed by atoms with Gasteiger partial charge in [-0.15, -0.1) is 10.2 Å². The zero-order valence-electron chi connectivity index (χ0n) is 17.9. The molecular weight excluding hydrogens is 430 g/mol. The van der Waals surface area contributed by atoms with Crippen LogP contribution >= 0.6 is 0 Å². The van der Waals surface area contributed by atoms with Crippen molar-refractivity contribution in [2.75, 3.05) is 29.9 Å². The van der Waals surface area contributed by atoms with Crippen molar-refractivity contribution in [2.45, 2.75) is 20.0 Å². The number of carbonyl (C=O) groups excluding carboxylic acids is 1. The van der Waals surface area contributed by atoms with Gasteiger partial charge < -0.3 is 20.4 Å². The van der Waals surface area contributed by atoms with Gasteiger partial charge in [0.1, 0.15) is 23.5 Å². The number of amides is 1. The Labute approximate surface area is 189 Å². The van der Waals surface area contributed by atoms with Crippen LogP contribution in [0.5, 0.6) is 0 Å². The van der Waals surface area contributed by atoms with Gasteiger partial charge in [0, 0.05) is 37.8 Å². The number of non-ortho nitro benzene ring substituents is 1. The van der Waals surface area contributed by atoms with Crippen molar-refractivity contribution in [3.05, 3.63) is 51.6 Å². The van der Waals surface area contributed by atoms with Crippen molar-refractivity contribution in [1.82, 2.24) is 0 Å². The number of aliphatic hydroxyl groups excluding tert-OH is 2. The highest BCUT2D eigenvalue weighted by Crippen LogP contribution is 2.34. The van der Waals surface area contributed by atoms with E-state index in [-0.39, 0.29) is 40.6 Å². The van der Waals surface area contributed by atoms with E-state index in [0.29, 0.717) is 12.2 Å². The minimum atomic E-state index is -0.954. The topological polar surface area (TPSA) is 188 Å². The predicted molar refractivity (Wildman–Crippen MR) is 118 cm³/mol. The number of nitrogens with one attached hydrogen (secondary N) is 1. The third-order valence-corrected chi connectivity index (χ3v) is 4.48. The van der Waals surface area contributed by atoms with E-state index in [2.05, 4.69) is 15.5 Å². The zero-order valence-corrected chi connectivity index (χ0v) is 17.9. The number of hydrogen-bond donors (Lipinski definition) is 3. The normalized spacial score (nSPS) is 11.5. The van der Waals surface area contributed by atoms with E-state index in [1.807, 2.05) is 6.92 Å². The molecule has 0 spiro atoms. The van der Waals surface area contributed by atoms with E-state index in [9.17, 15) is 30.5 Å². The van der Waals surface area contributed by atoms with Gasteiger partial charge in [0.2, 0.25) is 5.91 Å². The maximum atomic E-state index is 11.7. The van der Waals surface area contributed by atoms with Crippen LogP contribution in [0.2, 0.25) is 0 Å². The summed E-state index contributed by atoms with van der Waals surface area (Å²) in [5.41, 5.74) is 0.173. The number of azo groups is 1. The molecule has 0 aliphatic carbocycles. The lowest BCUT2D eigenvalue weighted by Gasteiger charge is -2.26. The molecule has 2 aromatic carbocycles. The molecule has 0 saturated carbocycles. The first-order valence-corrected chi connectivity index (χ1v) is 9.73. The second kappa shape index (κ2) is 11.3. The zero-order chi connectivity index (χ0) is 24.5. The quantitative estimate of drug-likeness (QED) is 0.294. The summed E-state index contributed by atoms with van der Waals surface area (Å²) >= 11 is 0. The smallest absolute Gasteiger partial charge is 0.272 e. The number of aliphatic hydroxyl groups is 2. The van der Waals surface area contributed by atoms with Gasteiger partial charge in [-0.05, 0) is 25.1 Å². The Balaban J connectivity index is 2.53. The number of likely N-dealkylation sites (N-methyl/N-ethyl adjacent to an activating group) is 1. The van der Waals surface area contributed by atoms with Crippen molar-refractivity contribution in [3.8, 4) is 12.1 Å². The first kappa shape index (κ1) is 24.9. The third kappa shape index (κ3) is 6.30. The Morgan fingerprint density at radius 2 is 1.88 bits per heavy atom. The summed E-state index contributed by atoms with van der Waals surface area (Å²) in [5, 5.41) is 59.2. The first-order valence-electron chi connectivity index (χ1n) is 9.73. The number of benzene rings is 2. The molecule has 1 unspecified atom stereocenters. The highest BCUT2D eigenvalue weighted by Gasteiger charge is 2.18. The molecule has 3 N–H and O–H groups in total. The minimum Gasteiger partial charge on any atom is -0.394 e. The van der Waals surface area contributed by atoms with E-state index in [4.69, 9.17) is 5.11 Å². The Hall–Kier alpha value is -4.39. The SMILES string of the molecule is CCN(CC(O)CO)c1ccc(/N=N/c2c(C#N)cc([N+](=O)[O-])cc2C#N)c(NC(C)=O)c1. The maximum Gasteiger partial charge on any atom is 0.272 e. The van der Waals surface area contributed by atoms with Gasteiger partial charge in [0.05, 0.1) is 34.4 Å². The van der Waals surface area contributed by atoms with Crippen LogP contribution in [0.4, 0.5) is 28.4 Å². The van der Waals surface area contributed by atoms with Gasteiger partial charge in [-0.3, -0.25) is 14.9 Å². The third-order valence-electron chi connectivity index (χ3n) is 4.48. The summed E-state index contributed by atoms with van der Waals surface area (Å²) < 4.78 is 0. The summed E-state index contributed by atoms with van der Waals surface area (Å²) in [6, 6.07) is 10.4. The first-order chi connectivity index (χ1) is 15.7. The van der Waals surface area contributed by atoms with E-state index in [1.54, 1.807) is 35.2 Å². The standard InChI is InChI=1S/C21H21N7O5/c1-3-27(11-18(31)12-29)16-4-5-19(20(8-16)24-13(2)30)25-26-21-14(9-22)6-17(28(32)33)7-15(21)10-23/h4-8,18,29,31H,3,11-12H2,1-2H3,(H,24,30)/b26-25+. The molecule has 0 radical (unpaired) electrons. The van der Waals surface area contributed by atoms with Crippen LogP contribution in [0.15, 0.2) is 40.6 Å². The van der Waals surface area contributed by atoms with Gasteiger partial charge in [-0.25, -0.2) is 0 Å². The van der Waals surface area contributed by atoms with Crippen LogP contribution in [0.25, 0.3) is 0 Å². The summed E-state index contributed by atoms with van der Waals surface area (Å²) in [4.78, 5) is 23.8. The summed E-state index contributed by atoms with van der Waals surface area (Å²) in [6.07, 6.45) is -0.954. The molecule has 12 nitrogen and oxygen atoms in total. The van der Waals surface area contributed by atoms with E-state index in [0.717, 1.165) is 12.1 Å². The molecule has 12 heteroatoms. The maximum absolute atomic E-state index is 11.7. The van der Waals surface area contributed by atoms with Crippen molar-refractivity contribution in [2.24, 2.45) is 10.2 Å². The predicted octanol–water partition coefficient (Wildman–Crippen LogP) is 2.89. The number of anilines is 2. The van der Waals surface area contributed by atoms with Crippen LogP contribution in [0.3, 0.4) is 0 Å². The van der Waals surface area contributed by atoms with E-state index < -0.39 is 23.3 Å². The van der Waals surface area contributed by atoms with Crippen LogP contribution in [-0.4, -0.2) is 46.8 Å². The molecule has 0 fully saturated rings. The van der Waals surface area contributed by atoms with Gasteiger partial charge >= 0.3 is 0 Å². The molecule has 0 aliphatic heterocycles. The highest BCUT2D eigenvalue weighted by molar-refractivity contribution is 5.93. The van der Waals surface area contributed by atoms with Crippen molar-refractivity contribution in [3.63, 3.8) is 0 Å². The molecule has 1 amide bonds. The number of carbonyl (C=O) groups is 1. The van der Waals surface area contributed by atoms with Gasteiger partial charge in [0.25, 0.3) is 5.69 Å². The molecule has 2 aromatic rings. The average molecular weight is 451 g/mol. The number of rotatable bonds is 9. The molecular formula is C21H21N7O5. The fraction of sp³-hybridized carbons (Fsp3) is 0.286. The molecule has 0 heterocycles. The summed E-state index contributed by atoms with van der Waals surface area (Å²) in [6.45, 7) is 3.43. The van der Waals surface area contributed by atoms with Crippen molar-refractivity contribution < 1.29 is 19.9 Å². The molecule has 0 aliphatic rings. The minimum absolute atomic E-state index is 0.135. The molecule has 2 rings (SSSR count). The lowest BCUT2D eigenvalue weighted by atomic mass is 10.1. The number of nitro groups is 1. The number of hydrogen-bond acceptors (Lipinski definition) is 10. The van der Waals surface area contributed by atoms with Crippen molar-refractivity contribution in [1.29, 1.82) is 10.5 Å². The summed E-state index contributed by atoms with van der Waals surface area (Å²) in [5.74, 6) is -0.382. The molecule has 0 aromatic heterocycles. The van der Waals surface area contributed by atoms with Crippen LogP contribution < -0.4 is 10.2 Å². The molecule has 0 bridgehead atoms. The van der Waals surface area contributed by atoms with Crippen molar-refractivity contribution >= 4 is 34.3 Å². The van der Waals surface area contributed by atoms with Crippen LogP contribution in [-0.2, 0) is 4.79 Å². The second-order valence-electron chi connectivity index (χ2n) is 6.83. The second-order valence-corrected chi connectivity index (χ2v) is 6.83. The Kier molecular flexibility index (Phi) is 8.51. The Morgan fingerprint density at radius 3 is 2.36 bits per heavy atom. The monoisotopic (exact) mass is 451 g/mol. The number of nitriles is 2. The molecule has 1 atom stereocenters.